The monoisotopic (exact) mass is 390 g/mol. The SMILES string of the molecule is C1CCCC1.C=CNCc1cc2cc(Cl)c(-c3cnc([CH2-])cn3)cc2[nH]1.[Na+]. The number of nitrogens with one attached hydrogen (secondary N) is 2. The van der Waals surface area contributed by atoms with Crippen LogP contribution < -0.4 is 34.9 Å². The fraction of sp³-hybridized carbons (Fsp3) is 0.286. The van der Waals surface area contributed by atoms with Crippen LogP contribution in [0.1, 0.15) is 43.5 Å². The molecular weight excluding hydrogens is 367 g/mol. The number of aromatic amines is 1. The van der Waals surface area contributed by atoms with Gasteiger partial charge in [-0.3, -0.25) is 4.98 Å². The van der Waals surface area contributed by atoms with Gasteiger partial charge >= 0.3 is 29.6 Å². The van der Waals surface area contributed by atoms with Crippen LogP contribution in [0.5, 0.6) is 0 Å². The van der Waals surface area contributed by atoms with Crippen LogP contribution in [0, 0.1) is 6.92 Å². The van der Waals surface area contributed by atoms with Crippen molar-refractivity contribution in [3.63, 3.8) is 0 Å². The second kappa shape index (κ2) is 10.8. The van der Waals surface area contributed by atoms with E-state index in [0.29, 0.717) is 17.3 Å². The van der Waals surface area contributed by atoms with Crippen LogP contribution in [-0.4, -0.2) is 15.0 Å². The van der Waals surface area contributed by atoms with E-state index < -0.39 is 0 Å². The molecule has 2 N–H and O–H groups in total. The summed E-state index contributed by atoms with van der Waals surface area (Å²) in [7, 11) is 0. The molecule has 0 aliphatic heterocycles. The minimum absolute atomic E-state index is 0. The van der Waals surface area contributed by atoms with E-state index in [0.717, 1.165) is 27.9 Å². The van der Waals surface area contributed by atoms with E-state index in [-0.39, 0.29) is 29.6 Å². The number of fused-ring (bicyclic) bond motifs is 1. The number of benzene rings is 1. The van der Waals surface area contributed by atoms with Crippen molar-refractivity contribution in [1.82, 2.24) is 20.3 Å². The van der Waals surface area contributed by atoms with Gasteiger partial charge in [-0.25, -0.2) is 6.92 Å². The normalized spacial score (nSPS) is 12.8. The molecule has 136 valence electrons. The fourth-order valence-corrected chi connectivity index (χ4v) is 3.33. The summed E-state index contributed by atoms with van der Waals surface area (Å²) in [5.41, 5.74) is 4.29. The molecule has 0 radical (unpaired) electrons. The molecule has 27 heavy (non-hydrogen) atoms. The molecule has 1 fully saturated rings. The number of hydrogen-bond donors (Lipinski definition) is 2. The van der Waals surface area contributed by atoms with Crippen molar-refractivity contribution in [1.29, 1.82) is 0 Å². The fourth-order valence-electron chi connectivity index (χ4n) is 3.06. The van der Waals surface area contributed by atoms with Crippen LogP contribution in [0.15, 0.2) is 43.4 Å². The molecule has 1 aliphatic rings. The maximum Gasteiger partial charge on any atom is 1.00 e. The first-order valence-corrected chi connectivity index (χ1v) is 9.35. The van der Waals surface area contributed by atoms with Gasteiger partial charge in [-0.05, 0) is 24.4 Å². The maximum atomic E-state index is 6.36. The van der Waals surface area contributed by atoms with Gasteiger partial charge in [0.25, 0.3) is 0 Å². The molecule has 1 aliphatic carbocycles. The van der Waals surface area contributed by atoms with E-state index in [2.05, 4.69) is 39.8 Å². The van der Waals surface area contributed by atoms with Crippen molar-refractivity contribution in [2.45, 2.75) is 38.6 Å². The molecule has 4 rings (SSSR count). The quantitative estimate of drug-likeness (QED) is 0.532. The van der Waals surface area contributed by atoms with Gasteiger partial charge in [0.15, 0.2) is 0 Å². The minimum Gasteiger partial charge on any atom is -0.386 e. The largest absolute Gasteiger partial charge is 1.00 e. The van der Waals surface area contributed by atoms with Crippen molar-refractivity contribution in [2.75, 3.05) is 0 Å². The van der Waals surface area contributed by atoms with Gasteiger partial charge < -0.3 is 15.3 Å². The van der Waals surface area contributed by atoms with E-state index in [4.69, 9.17) is 11.6 Å². The number of halogens is 1. The first-order valence-electron chi connectivity index (χ1n) is 8.97. The van der Waals surface area contributed by atoms with Crippen LogP contribution in [0.2, 0.25) is 5.02 Å². The van der Waals surface area contributed by atoms with Crippen LogP contribution in [0.25, 0.3) is 22.2 Å². The molecule has 2 aromatic heterocycles. The van der Waals surface area contributed by atoms with Crippen molar-refractivity contribution in [3.8, 4) is 11.3 Å². The summed E-state index contributed by atoms with van der Waals surface area (Å²) in [5, 5.41) is 4.77. The van der Waals surface area contributed by atoms with Crippen LogP contribution in [0.4, 0.5) is 0 Å². The first-order chi connectivity index (χ1) is 12.7. The zero-order valence-electron chi connectivity index (χ0n) is 15.9. The Morgan fingerprint density at radius 2 is 1.81 bits per heavy atom. The summed E-state index contributed by atoms with van der Waals surface area (Å²) in [6, 6.07) is 5.98. The molecule has 2 heterocycles. The first kappa shape index (κ1) is 21.8. The third-order valence-electron chi connectivity index (χ3n) is 4.43. The van der Waals surface area contributed by atoms with Crippen LogP contribution in [-0.2, 0) is 6.54 Å². The van der Waals surface area contributed by atoms with Gasteiger partial charge in [-0.15, -0.1) is 0 Å². The standard InChI is InChI=1S/C16H14ClN4.C5H10.Na/c1-3-18-8-12-4-11-5-14(17)13(6-15(11)21-12)16-9-19-10(2)7-20-16;1-2-4-5-3-1;/h3-7,9,18,21H,1-2,8H2;1-5H2;/q-1;;+1. The molecule has 3 aromatic rings. The Morgan fingerprint density at radius 3 is 2.41 bits per heavy atom. The summed E-state index contributed by atoms with van der Waals surface area (Å²) in [5.74, 6) is 0. The van der Waals surface area contributed by atoms with Gasteiger partial charge in [0.1, 0.15) is 0 Å². The molecule has 0 bridgehead atoms. The average molecular weight is 391 g/mol. The van der Waals surface area contributed by atoms with Gasteiger partial charge in [-0.1, -0.05) is 62.2 Å². The van der Waals surface area contributed by atoms with Crippen LogP contribution in [0.3, 0.4) is 0 Å². The molecule has 0 saturated heterocycles. The van der Waals surface area contributed by atoms with Crippen molar-refractivity contribution >= 4 is 22.5 Å². The Labute approximate surface area is 188 Å². The summed E-state index contributed by atoms with van der Waals surface area (Å²) < 4.78 is 0. The van der Waals surface area contributed by atoms with E-state index in [1.165, 1.54) is 32.1 Å². The Hall–Kier alpha value is -1.46. The zero-order chi connectivity index (χ0) is 18.4. The summed E-state index contributed by atoms with van der Waals surface area (Å²) in [4.78, 5) is 11.8. The minimum atomic E-state index is 0. The Balaban J connectivity index is 0.000000379. The molecule has 0 spiro atoms. The number of H-pyrrole nitrogens is 1. The topological polar surface area (TPSA) is 53.6 Å². The van der Waals surface area contributed by atoms with E-state index in [1.807, 2.05) is 12.1 Å². The Bertz CT molecular complexity index is 862. The zero-order valence-corrected chi connectivity index (χ0v) is 18.6. The third-order valence-corrected chi connectivity index (χ3v) is 4.74. The van der Waals surface area contributed by atoms with Crippen molar-refractivity contribution in [3.05, 3.63) is 66.7 Å². The van der Waals surface area contributed by atoms with Crippen LogP contribution >= 0.6 is 11.6 Å². The van der Waals surface area contributed by atoms with Crippen molar-refractivity contribution < 1.29 is 29.6 Å². The molecular formula is C21H24ClN4Na. The summed E-state index contributed by atoms with van der Waals surface area (Å²) in [6.45, 7) is 8.07. The molecule has 0 amide bonds. The molecule has 1 saturated carbocycles. The smallest absolute Gasteiger partial charge is 0.386 e. The maximum absolute atomic E-state index is 6.36. The average Bonchev–Trinajstić information content (AvgIpc) is 3.33. The molecule has 1 aromatic carbocycles. The molecule has 0 atom stereocenters. The van der Waals surface area contributed by atoms with E-state index in [9.17, 15) is 0 Å². The van der Waals surface area contributed by atoms with Gasteiger partial charge in [0.2, 0.25) is 0 Å². The Kier molecular flexibility index (Phi) is 8.71. The second-order valence-corrected chi connectivity index (χ2v) is 6.87. The van der Waals surface area contributed by atoms with Crippen molar-refractivity contribution in [2.24, 2.45) is 0 Å². The molecule has 0 unspecified atom stereocenters. The predicted octanol–water partition coefficient (Wildman–Crippen LogP) is 2.65. The molecule has 4 nitrogen and oxygen atoms in total. The van der Waals surface area contributed by atoms with E-state index >= 15 is 0 Å². The number of hydrogen-bond acceptors (Lipinski definition) is 3. The number of aromatic nitrogens is 3. The third kappa shape index (κ3) is 6.01. The van der Waals surface area contributed by atoms with E-state index in [1.54, 1.807) is 18.6 Å². The predicted molar refractivity (Wildman–Crippen MR) is 109 cm³/mol. The van der Waals surface area contributed by atoms with Gasteiger partial charge in [0, 0.05) is 28.4 Å². The second-order valence-electron chi connectivity index (χ2n) is 6.46. The van der Waals surface area contributed by atoms with Gasteiger partial charge in [0.05, 0.1) is 17.3 Å². The number of nitrogens with zero attached hydrogens (tertiary/aromatic N) is 2. The van der Waals surface area contributed by atoms with Gasteiger partial charge in [-0.2, -0.15) is 0 Å². The molecule has 6 heteroatoms. The Morgan fingerprint density at radius 1 is 1.11 bits per heavy atom. The number of rotatable bonds is 4. The summed E-state index contributed by atoms with van der Waals surface area (Å²) in [6.07, 6.45) is 12.5. The summed E-state index contributed by atoms with van der Waals surface area (Å²) >= 11 is 6.36.